The second-order valence-electron chi connectivity index (χ2n) is 4.11. The Kier molecular flexibility index (Phi) is 5.54. The van der Waals surface area contributed by atoms with Crippen molar-refractivity contribution in [3.05, 3.63) is 59.1 Å². The summed E-state index contributed by atoms with van der Waals surface area (Å²) in [5.41, 5.74) is 4.49. The van der Waals surface area contributed by atoms with Gasteiger partial charge in [-0.3, -0.25) is 5.43 Å². The van der Waals surface area contributed by atoms with E-state index in [1.54, 1.807) is 13.3 Å². The molecule has 6 heteroatoms. The highest BCUT2D eigenvalue weighted by Gasteiger charge is 1.97. The fourth-order valence-electron chi connectivity index (χ4n) is 1.59. The van der Waals surface area contributed by atoms with Crippen LogP contribution in [0.4, 0.5) is 5.69 Å². The smallest absolute Gasteiger partial charge is 0.191 e. The van der Waals surface area contributed by atoms with Gasteiger partial charge >= 0.3 is 0 Å². The third-order valence-electron chi connectivity index (χ3n) is 2.58. The average molecular weight is 320 g/mol. The summed E-state index contributed by atoms with van der Waals surface area (Å²) in [6.45, 7) is 0. The minimum Gasteiger partial charge on any atom is -0.497 e. The Morgan fingerprint density at radius 2 is 2.00 bits per heavy atom. The van der Waals surface area contributed by atoms with Crippen molar-refractivity contribution in [2.24, 2.45) is 5.10 Å². The zero-order valence-electron chi connectivity index (χ0n) is 11.3. The van der Waals surface area contributed by atoms with Crippen molar-refractivity contribution in [2.75, 3.05) is 12.4 Å². The first-order chi connectivity index (χ1) is 10.2. The quantitative estimate of drug-likeness (QED) is 0.513. The zero-order valence-corrected chi connectivity index (χ0v) is 12.9. The number of hydrogen-bond acceptors (Lipinski definition) is 3. The van der Waals surface area contributed by atoms with E-state index in [0.29, 0.717) is 10.1 Å². The molecular formula is C15H14ClN3OS. The number of methoxy groups -OCH3 is 1. The number of benzene rings is 2. The molecule has 0 heterocycles. The highest BCUT2D eigenvalue weighted by atomic mass is 35.5. The van der Waals surface area contributed by atoms with Crippen LogP contribution in [0.25, 0.3) is 0 Å². The minimum absolute atomic E-state index is 0.401. The molecule has 0 bridgehead atoms. The van der Waals surface area contributed by atoms with Gasteiger partial charge in [0, 0.05) is 10.7 Å². The molecule has 4 nitrogen and oxygen atoms in total. The summed E-state index contributed by atoms with van der Waals surface area (Å²) in [7, 11) is 1.62. The van der Waals surface area contributed by atoms with Crippen molar-refractivity contribution in [1.29, 1.82) is 0 Å². The lowest BCUT2D eigenvalue weighted by Crippen LogP contribution is -2.23. The van der Waals surface area contributed by atoms with Crippen LogP contribution in [0.1, 0.15) is 5.56 Å². The van der Waals surface area contributed by atoms with E-state index in [-0.39, 0.29) is 0 Å². The van der Waals surface area contributed by atoms with Crippen LogP contribution in [0.15, 0.2) is 53.6 Å². The summed E-state index contributed by atoms with van der Waals surface area (Å²) in [6, 6.07) is 14.8. The number of thiocarbonyl (C=S) groups is 1. The number of rotatable bonds is 4. The van der Waals surface area contributed by atoms with Crippen LogP contribution < -0.4 is 15.5 Å². The normalized spacial score (nSPS) is 10.4. The first kappa shape index (κ1) is 15.3. The molecule has 0 atom stereocenters. The highest BCUT2D eigenvalue weighted by Crippen LogP contribution is 2.14. The molecule has 0 radical (unpaired) electrons. The molecule has 0 amide bonds. The van der Waals surface area contributed by atoms with Crippen LogP contribution in [-0.2, 0) is 0 Å². The van der Waals surface area contributed by atoms with Crippen molar-refractivity contribution >= 4 is 40.8 Å². The van der Waals surface area contributed by atoms with E-state index >= 15 is 0 Å². The molecule has 0 unspecified atom stereocenters. The summed E-state index contributed by atoms with van der Waals surface area (Å²) in [4.78, 5) is 0. The Labute approximate surface area is 133 Å². The first-order valence-electron chi connectivity index (χ1n) is 6.17. The number of nitrogens with zero attached hydrogens (tertiary/aromatic N) is 1. The van der Waals surface area contributed by atoms with Gasteiger partial charge in [0.05, 0.1) is 13.3 Å². The Morgan fingerprint density at radius 3 is 2.67 bits per heavy atom. The van der Waals surface area contributed by atoms with Gasteiger partial charge in [-0.2, -0.15) is 5.10 Å². The first-order valence-corrected chi connectivity index (χ1v) is 6.95. The Hall–Kier alpha value is -2.11. The molecule has 0 saturated carbocycles. The van der Waals surface area contributed by atoms with E-state index in [2.05, 4.69) is 15.8 Å². The van der Waals surface area contributed by atoms with Crippen molar-refractivity contribution in [3.63, 3.8) is 0 Å². The van der Waals surface area contributed by atoms with Crippen molar-refractivity contribution in [2.45, 2.75) is 0 Å². The lowest BCUT2D eigenvalue weighted by atomic mass is 10.2. The van der Waals surface area contributed by atoms with Crippen molar-refractivity contribution < 1.29 is 4.74 Å². The predicted octanol–water partition coefficient (Wildman–Crippen LogP) is 3.67. The fourth-order valence-corrected chi connectivity index (χ4v) is 1.96. The van der Waals surface area contributed by atoms with Gasteiger partial charge in [-0.25, -0.2) is 0 Å². The third kappa shape index (κ3) is 5.06. The molecule has 0 aliphatic carbocycles. The molecule has 0 aromatic heterocycles. The second kappa shape index (κ2) is 7.61. The number of nitrogens with one attached hydrogen (secondary N) is 2. The Balaban J connectivity index is 1.86. The molecule has 0 spiro atoms. The van der Waals surface area contributed by atoms with E-state index in [1.807, 2.05) is 48.5 Å². The Bertz CT molecular complexity index is 644. The molecule has 0 aliphatic rings. The molecule has 2 N–H and O–H groups in total. The van der Waals surface area contributed by atoms with E-state index in [4.69, 9.17) is 28.6 Å². The maximum atomic E-state index is 5.89. The largest absolute Gasteiger partial charge is 0.497 e. The number of ether oxygens (including phenoxy) is 1. The van der Waals surface area contributed by atoms with Gasteiger partial charge in [0.1, 0.15) is 5.75 Å². The topological polar surface area (TPSA) is 45.6 Å². The zero-order chi connectivity index (χ0) is 15.1. The maximum absolute atomic E-state index is 5.89. The molecule has 0 aliphatic heterocycles. The summed E-state index contributed by atoms with van der Waals surface area (Å²) in [5, 5.41) is 8.13. The lowest BCUT2D eigenvalue weighted by molar-refractivity contribution is 0.415. The number of halogens is 1. The summed E-state index contributed by atoms with van der Waals surface area (Å²) >= 11 is 11.0. The molecule has 2 rings (SSSR count). The summed E-state index contributed by atoms with van der Waals surface area (Å²) < 4.78 is 5.09. The molecule has 21 heavy (non-hydrogen) atoms. The molecular weight excluding hydrogens is 306 g/mol. The summed E-state index contributed by atoms with van der Waals surface area (Å²) in [5.74, 6) is 0.790. The van der Waals surface area contributed by atoms with E-state index in [1.165, 1.54) is 0 Å². The van der Waals surface area contributed by atoms with Crippen LogP contribution in [0.5, 0.6) is 5.75 Å². The molecule has 108 valence electrons. The van der Waals surface area contributed by atoms with Gasteiger partial charge in [-0.15, -0.1) is 0 Å². The van der Waals surface area contributed by atoms with Gasteiger partial charge in [-0.05, 0) is 54.2 Å². The van der Waals surface area contributed by atoms with Gasteiger partial charge in [0.15, 0.2) is 5.11 Å². The van der Waals surface area contributed by atoms with E-state index in [9.17, 15) is 0 Å². The third-order valence-corrected chi connectivity index (χ3v) is 3.00. The van der Waals surface area contributed by atoms with E-state index in [0.717, 1.165) is 17.0 Å². The van der Waals surface area contributed by atoms with E-state index < -0.39 is 0 Å². The minimum atomic E-state index is 0.401. The monoisotopic (exact) mass is 319 g/mol. The van der Waals surface area contributed by atoms with Crippen LogP contribution in [0, 0.1) is 0 Å². The highest BCUT2D eigenvalue weighted by molar-refractivity contribution is 7.80. The van der Waals surface area contributed by atoms with Gasteiger partial charge < -0.3 is 10.1 Å². The SMILES string of the molecule is COc1ccc(NC(=S)N/N=C/c2cccc(Cl)c2)cc1. The number of anilines is 1. The van der Waals surface area contributed by atoms with Gasteiger partial charge in [0.25, 0.3) is 0 Å². The standard InChI is InChI=1S/C15H14ClN3OS/c1-20-14-7-5-13(6-8-14)18-15(21)19-17-10-11-3-2-4-12(16)9-11/h2-10H,1H3,(H2,18,19,21)/b17-10+. The second-order valence-corrected chi connectivity index (χ2v) is 4.95. The molecule has 0 fully saturated rings. The van der Waals surface area contributed by atoms with Crippen molar-refractivity contribution in [1.82, 2.24) is 5.43 Å². The molecule has 2 aromatic rings. The van der Waals surface area contributed by atoms with Gasteiger partial charge in [-0.1, -0.05) is 23.7 Å². The predicted molar refractivity (Wildman–Crippen MR) is 91.4 cm³/mol. The van der Waals surface area contributed by atoms with Crippen LogP contribution >= 0.6 is 23.8 Å². The van der Waals surface area contributed by atoms with Crippen molar-refractivity contribution in [3.8, 4) is 5.75 Å². The maximum Gasteiger partial charge on any atom is 0.191 e. The average Bonchev–Trinajstić information content (AvgIpc) is 2.48. The number of hydrogen-bond donors (Lipinski definition) is 2. The van der Waals surface area contributed by atoms with Crippen LogP contribution in [0.2, 0.25) is 5.02 Å². The number of hydrazone groups is 1. The van der Waals surface area contributed by atoms with Gasteiger partial charge in [0.2, 0.25) is 0 Å². The summed E-state index contributed by atoms with van der Waals surface area (Å²) in [6.07, 6.45) is 1.65. The van der Waals surface area contributed by atoms with Crippen LogP contribution in [0.3, 0.4) is 0 Å². The molecule has 2 aromatic carbocycles. The molecule has 0 saturated heterocycles. The lowest BCUT2D eigenvalue weighted by Gasteiger charge is -2.07. The fraction of sp³-hybridized carbons (Fsp3) is 0.0667. The Morgan fingerprint density at radius 1 is 1.24 bits per heavy atom. The van der Waals surface area contributed by atoms with Crippen LogP contribution in [-0.4, -0.2) is 18.4 Å².